The first-order valence-electron chi connectivity index (χ1n) is 6.13. The Morgan fingerprint density at radius 1 is 1.14 bits per heavy atom. The van der Waals surface area contributed by atoms with Crippen LogP contribution in [-0.2, 0) is 0 Å². The van der Waals surface area contributed by atoms with Crippen molar-refractivity contribution >= 4 is 0 Å². The normalized spacial score (nSPS) is 14.8. The second-order valence-electron chi connectivity index (χ2n) is 5.57. The smallest absolute Gasteiger partial charge is 0.00389 e. The lowest BCUT2D eigenvalue weighted by Crippen LogP contribution is -2.38. The Kier molecular flexibility index (Phi) is 6.43. The van der Waals surface area contributed by atoms with Crippen molar-refractivity contribution in [3.63, 3.8) is 0 Å². The van der Waals surface area contributed by atoms with E-state index in [-0.39, 0.29) is 0 Å². The minimum absolute atomic E-state index is 0.417. The summed E-state index contributed by atoms with van der Waals surface area (Å²) in [5, 5.41) is 3.64. The summed E-state index contributed by atoms with van der Waals surface area (Å²) in [6.45, 7) is 15.0. The molecular formula is C13H29N. The fourth-order valence-corrected chi connectivity index (χ4v) is 1.25. The average molecular weight is 199 g/mol. The van der Waals surface area contributed by atoms with Crippen molar-refractivity contribution in [1.29, 1.82) is 0 Å². The van der Waals surface area contributed by atoms with Gasteiger partial charge in [-0.15, -0.1) is 0 Å². The van der Waals surface area contributed by atoms with Crippen molar-refractivity contribution in [2.24, 2.45) is 11.3 Å². The Morgan fingerprint density at radius 3 is 2.14 bits per heavy atom. The van der Waals surface area contributed by atoms with Crippen molar-refractivity contribution in [3.8, 4) is 0 Å². The molecular weight excluding hydrogens is 170 g/mol. The summed E-state index contributed by atoms with van der Waals surface area (Å²) >= 11 is 0. The van der Waals surface area contributed by atoms with Crippen molar-refractivity contribution in [3.05, 3.63) is 0 Å². The molecule has 0 aliphatic rings. The second-order valence-corrected chi connectivity index (χ2v) is 5.57. The first-order valence-corrected chi connectivity index (χ1v) is 6.13. The maximum absolute atomic E-state index is 3.64. The topological polar surface area (TPSA) is 12.0 Å². The summed E-state index contributed by atoms with van der Waals surface area (Å²) in [5.41, 5.74) is 0.417. The highest BCUT2D eigenvalue weighted by Gasteiger charge is 2.22. The summed E-state index contributed by atoms with van der Waals surface area (Å²) in [5.74, 6) is 0.744. The van der Waals surface area contributed by atoms with Gasteiger partial charge >= 0.3 is 0 Å². The van der Waals surface area contributed by atoms with Gasteiger partial charge in [0.05, 0.1) is 0 Å². The van der Waals surface area contributed by atoms with Crippen LogP contribution in [0, 0.1) is 11.3 Å². The number of rotatable bonds is 7. The van der Waals surface area contributed by atoms with E-state index in [0.717, 1.165) is 12.5 Å². The van der Waals surface area contributed by atoms with Gasteiger partial charge in [0.2, 0.25) is 0 Å². The van der Waals surface area contributed by atoms with Crippen LogP contribution < -0.4 is 5.32 Å². The lowest BCUT2D eigenvalue weighted by atomic mass is 9.81. The van der Waals surface area contributed by atoms with E-state index in [1.807, 2.05) is 0 Å². The highest BCUT2D eigenvalue weighted by atomic mass is 14.9. The molecule has 0 spiro atoms. The van der Waals surface area contributed by atoms with Gasteiger partial charge in [0.15, 0.2) is 0 Å². The number of nitrogens with one attached hydrogen (secondary N) is 1. The van der Waals surface area contributed by atoms with Crippen LogP contribution in [0.1, 0.15) is 60.8 Å². The molecule has 1 unspecified atom stereocenters. The molecule has 1 heteroatoms. The van der Waals surface area contributed by atoms with E-state index >= 15 is 0 Å². The zero-order chi connectivity index (χ0) is 11.2. The van der Waals surface area contributed by atoms with Crippen LogP contribution in [0.15, 0.2) is 0 Å². The van der Waals surface area contributed by atoms with E-state index in [1.165, 1.54) is 19.3 Å². The molecule has 0 rings (SSSR count). The predicted octanol–water partition coefficient (Wildman–Crippen LogP) is 3.84. The lowest BCUT2D eigenvalue weighted by molar-refractivity contribution is 0.228. The minimum atomic E-state index is 0.417. The molecule has 0 amide bonds. The van der Waals surface area contributed by atoms with Gasteiger partial charge in [0, 0.05) is 12.6 Å². The van der Waals surface area contributed by atoms with Gasteiger partial charge in [-0.05, 0) is 24.7 Å². The fraction of sp³-hybridized carbons (Fsp3) is 1.00. The van der Waals surface area contributed by atoms with E-state index in [1.54, 1.807) is 0 Å². The zero-order valence-electron chi connectivity index (χ0n) is 11.0. The molecule has 0 saturated heterocycles. The second kappa shape index (κ2) is 6.44. The summed E-state index contributed by atoms with van der Waals surface area (Å²) in [6.07, 6.45) is 3.96. The maximum Gasteiger partial charge on any atom is 0.00389 e. The molecule has 0 bridgehead atoms. The SMILES string of the molecule is CCCCC(C)NCC(C)(C)C(C)C. The highest BCUT2D eigenvalue weighted by Crippen LogP contribution is 2.24. The molecule has 0 aromatic heterocycles. The largest absolute Gasteiger partial charge is 0.314 e. The van der Waals surface area contributed by atoms with Crippen LogP contribution in [0.5, 0.6) is 0 Å². The molecule has 0 aromatic carbocycles. The van der Waals surface area contributed by atoms with Gasteiger partial charge in [0.25, 0.3) is 0 Å². The lowest BCUT2D eigenvalue weighted by Gasteiger charge is -2.31. The standard InChI is InChI=1S/C13H29N/c1-7-8-9-12(4)14-10-13(5,6)11(2)3/h11-12,14H,7-10H2,1-6H3. The first kappa shape index (κ1) is 14.0. The predicted molar refractivity (Wildman–Crippen MR) is 65.6 cm³/mol. The third kappa shape index (κ3) is 5.64. The molecule has 1 nitrogen and oxygen atoms in total. The van der Waals surface area contributed by atoms with Crippen molar-refractivity contribution in [2.45, 2.75) is 66.8 Å². The summed E-state index contributed by atoms with van der Waals surface area (Å²) in [7, 11) is 0. The average Bonchev–Trinajstić information content (AvgIpc) is 2.11. The summed E-state index contributed by atoms with van der Waals surface area (Å²) in [4.78, 5) is 0. The van der Waals surface area contributed by atoms with Crippen LogP contribution >= 0.6 is 0 Å². The molecule has 14 heavy (non-hydrogen) atoms. The van der Waals surface area contributed by atoms with Gasteiger partial charge in [-0.2, -0.15) is 0 Å². The van der Waals surface area contributed by atoms with E-state index < -0.39 is 0 Å². The summed E-state index contributed by atoms with van der Waals surface area (Å²) < 4.78 is 0. The Labute approximate surface area is 90.7 Å². The highest BCUT2D eigenvalue weighted by molar-refractivity contribution is 4.76. The van der Waals surface area contributed by atoms with Gasteiger partial charge < -0.3 is 5.32 Å². The van der Waals surface area contributed by atoms with Crippen LogP contribution in [0.25, 0.3) is 0 Å². The molecule has 0 aliphatic carbocycles. The van der Waals surface area contributed by atoms with Gasteiger partial charge in [-0.1, -0.05) is 47.5 Å². The number of unbranched alkanes of at least 4 members (excludes halogenated alkanes) is 1. The first-order chi connectivity index (χ1) is 6.40. The molecule has 1 atom stereocenters. The van der Waals surface area contributed by atoms with E-state index in [2.05, 4.69) is 46.9 Å². The zero-order valence-corrected chi connectivity index (χ0v) is 11.0. The summed E-state index contributed by atoms with van der Waals surface area (Å²) in [6, 6.07) is 0.674. The van der Waals surface area contributed by atoms with Crippen LogP contribution in [0.2, 0.25) is 0 Å². The molecule has 0 aliphatic heterocycles. The minimum Gasteiger partial charge on any atom is -0.314 e. The number of hydrogen-bond donors (Lipinski definition) is 1. The van der Waals surface area contributed by atoms with Crippen molar-refractivity contribution in [1.82, 2.24) is 5.32 Å². The van der Waals surface area contributed by atoms with E-state index in [9.17, 15) is 0 Å². The Balaban J connectivity index is 3.70. The third-order valence-electron chi connectivity index (χ3n) is 3.46. The molecule has 0 radical (unpaired) electrons. The van der Waals surface area contributed by atoms with Crippen molar-refractivity contribution < 1.29 is 0 Å². The van der Waals surface area contributed by atoms with Crippen LogP contribution in [0.4, 0.5) is 0 Å². The molecule has 0 aromatic rings. The van der Waals surface area contributed by atoms with Crippen LogP contribution in [-0.4, -0.2) is 12.6 Å². The molecule has 1 N–H and O–H groups in total. The fourth-order valence-electron chi connectivity index (χ4n) is 1.25. The Morgan fingerprint density at radius 2 is 1.71 bits per heavy atom. The van der Waals surface area contributed by atoms with Gasteiger partial charge in [-0.25, -0.2) is 0 Å². The third-order valence-corrected chi connectivity index (χ3v) is 3.46. The molecule has 0 heterocycles. The van der Waals surface area contributed by atoms with E-state index in [0.29, 0.717) is 11.5 Å². The van der Waals surface area contributed by atoms with Crippen molar-refractivity contribution in [2.75, 3.05) is 6.54 Å². The molecule has 86 valence electrons. The molecule has 0 saturated carbocycles. The van der Waals surface area contributed by atoms with Gasteiger partial charge in [0.1, 0.15) is 0 Å². The number of hydrogen-bond acceptors (Lipinski definition) is 1. The Bertz CT molecular complexity index is 138. The monoisotopic (exact) mass is 199 g/mol. The maximum atomic E-state index is 3.64. The van der Waals surface area contributed by atoms with Gasteiger partial charge in [-0.3, -0.25) is 0 Å². The van der Waals surface area contributed by atoms with Crippen LogP contribution in [0.3, 0.4) is 0 Å². The Hall–Kier alpha value is -0.0400. The molecule has 0 fully saturated rings. The van der Waals surface area contributed by atoms with E-state index in [4.69, 9.17) is 0 Å². The quantitative estimate of drug-likeness (QED) is 0.657.